The predicted molar refractivity (Wildman–Crippen MR) is 92.8 cm³/mol. The van der Waals surface area contributed by atoms with Crippen LogP contribution in [0, 0.1) is 6.92 Å². The Morgan fingerprint density at radius 3 is 1.70 bits per heavy atom. The molecule has 0 aliphatic rings. The Morgan fingerprint density at radius 1 is 0.652 bits per heavy atom. The molecule has 0 amide bonds. The van der Waals surface area contributed by atoms with E-state index in [1.165, 1.54) is 0 Å². The van der Waals surface area contributed by atoms with Crippen LogP contribution in [0.15, 0.2) is 30.3 Å². The third kappa shape index (κ3) is 3.77. The predicted octanol–water partition coefficient (Wildman–Crippen LogP) is 4.20. The minimum absolute atomic E-state index is 0.590. The van der Waals surface area contributed by atoms with Crippen LogP contribution in [0.4, 0.5) is 0 Å². The standard InChI is InChI=1S/C19H22O4/c1-13-10-14(8-9-16(13)20-2)6-7-15-11-17(21-3)19(23-5)18(12-15)22-4/h6-12H,1-5H3/b7-6+. The lowest BCUT2D eigenvalue weighted by atomic mass is 10.1. The Balaban J connectivity index is 2.34. The molecule has 0 atom stereocenters. The highest BCUT2D eigenvalue weighted by molar-refractivity contribution is 5.73. The SMILES string of the molecule is COc1ccc(/C=C/c2cc(OC)c(OC)c(OC)c2)cc1C. The lowest BCUT2D eigenvalue weighted by molar-refractivity contribution is 0.324. The molecule has 0 heterocycles. The maximum absolute atomic E-state index is 5.37. The maximum Gasteiger partial charge on any atom is 0.203 e. The van der Waals surface area contributed by atoms with Gasteiger partial charge < -0.3 is 18.9 Å². The van der Waals surface area contributed by atoms with Crippen molar-refractivity contribution in [3.63, 3.8) is 0 Å². The van der Waals surface area contributed by atoms with Gasteiger partial charge in [-0.3, -0.25) is 0 Å². The minimum atomic E-state index is 0.590. The van der Waals surface area contributed by atoms with Gasteiger partial charge in [0, 0.05) is 0 Å². The summed E-state index contributed by atoms with van der Waals surface area (Å²) < 4.78 is 21.3. The second-order valence-electron chi connectivity index (χ2n) is 5.02. The molecule has 0 N–H and O–H groups in total. The zero-order valence-corrected chi connectivity index (χ0v) is 14.2. The lowest BCUT2D eigenvalue weighted by Gasteiger charge is -2.12. The summed E-state index contributed by atoms with van der Waals surface area (Å²) in [5.74, 6) is 2.75. The first kappa shape index (κ1) is 16.7. The van der Waals surface area contributed by atoms with Gasteiger partial charge in [-0.05, 0) is 47.9 Å². The summed E-state index contributed by atoms with van der Waals surface area (Å²) in [6.45, 7) is 2.02. The van der Waals surface area contributed by atoms with Gasteiger partial charge in [-0.15, -0.1) is 0 Å². The van der Waals surface area contributed by atoms with E-state index in [2.05, 4.69) is 6.07 Å². The monoisotopic (exact) mass is 314 g/mol. The first-order valence-electron chi connectivity index (χ1n) is 7.25. The summed E-state index contributed by atoms with van der Waals surface area (Å²) in [7, 11) is 6.49. The highest BCUT2D eigenvalue weighted by Gasteiger charge is 2.11. The quantitative estimate of drug-likeness (QED) is 0.749. The van der Waals surface area contributed by atoms with Crippen LogP contribution in [-0.2, 0) is 0 Å². The van der Waals surface area contributed by atoms with Crippen molar-refractivity contribution < 1.29 is 18.9 Å². The Morgan fingerprint density at radius 2 is 1.22 bits per heavy atom. The van der Waals surface area contributed by atoms with Crippen LogP contribution in [0.2, 0.25) is 0 Å². The smallest absolute Gasteiger partial charge is 0.203 e. The van der Waals surface area contributed by atoms with Gasteiger partial charge in [0.1, 0.15) is 5.75 Å². The second kappa shape index (κ2) is 7.58. The molecule has 0 saturated carbocycles. The van der Waals surface area contributed by atoms with Crippen molar-refractivity contribution in [2.75, 3.05) is 28.4 Å². The molecule has 0 bridgehead atoms. The summed E-state index contributed by atoms with van der Waals surface area (Å²) >= 11 is 0. The molecule has 0 aliphatic carbocycles. The number of hydrogen-bond donors (Lipinski definition) is 0. The van der Waals surface area contributed by atoms with E-state index in [1.807, 2.05) is 43.3 Å². The molecule has 0 saturated heterocycles. The fourth-order valence-corrected chi connectivity index (χ4v) is 2.40. The first-order chi connectivity index (χ1) is 11.1. The largest absolute Gasteiger partial charge is 0.496 e. The van der Waals surface area contributed by atoms with Crippen LogP contribution < -0.4 is 18.9 Å². The van der Waals surface area contributed by atoms with Crippen LogP contribution in [0.1, 0.15) is 16.7 Å². The molecular formula is C19H22O4. The van der Waals surface area contributed by atoms with Crippen molar-refractivity contribution in [3.05, 3.63) is 47.0 Å². The van der Waals surface area contributed by atoms with E-state index < -0.39 is 0 Å². The van der Waals surface area contributed by atoms with Gasteiger partial charge in [0.05, 0.1) is 28.4 Å². The van der Waals surface area contributed by atoms with Crippen molar-refractivity contribution in [1.82, 2.24) is 0 Å². The second-order valence-corrected chi connectivity index (χ2v) is 5.02. The van der Waals surface area contributed by atoms with Crippen LogP contribution >= 0.6 is 0 Å². The molecule has 2 aromatic carbocycles. The molecule has 2 rings (SSSR count). The van der Waals surface area contributed by atoms with Gasteiger partial charge in [0.2, 0.25) is 5.75 Å². The van der Waals surface area contributed by atoms with Crippen molar-refractivity contribution >= 4 is 12.2 Å². The van der Waals surface area contributed by atoms with Gasteiger partial charge in [0.15, 0.2) is 11.5 Å². The number of methoxy groups -OCH3 is 4. The van der Waals surface area contributed by atoms with E-state index in [-0.39, 0.29) is 0 Å². The average molecular weight is 314 g/mol. The highest BCUT2D eigenvalue weighted by atomic mass is 16.5. The third-order valence-electron chi connectivity index (χ3n) is 3.57. The Bertz CT molecular complexity index is 680. The van der Waals surface area contributed by atoms with Crippen molar-refractivity contribution in [3.8, 4) is 23.0 Å². The van der Waals surface area contributed by atoms with Crippen molar-refractivity contribution in [1.29, 1.82) is 0 Å². The molecule has 0 radical (unpaired) electrons. The van der Waals surface area contributed by atoms with Crippen molar-refractivity contribution in [2.45, 2.75) is 6.92 Å². The van der Waals surface area contributed by atoms with Gasteiger partial charge in [-0.1, -0.05) is 18.2 Å². The Labute approximate surface area is 137 Å². The van der Waals surface area contributed by atoms with Crippen LogP contribution in [0.3, 0.4) is 0 Å². The van der Waals surface area contributed by atoms with E-state index in [0.717, 1.165) is 22.4 Å². The Kier molecular flexibility index (Phi) is 5.52. The van der Waals surface area contributed by atoms with E-state index in [9.17, 15) is 0 Å². The number of rotatable bonds is 6. The van der Waals surface area contributed by atoms with Gasteiger partial charge in [-0.2, -0.15) is 0 Å². The molecular weight excluding hydrogens is 292 g/mol. The van der Waals surface area contributed by atoms with Crippen LogP contribution in [-0.4, -0.2) is 28.4 Å². The summed E-state index contributed by atoms with van der Waals surface area (Å²) in [5.41, 5.74) is 3.16. The topological polar surface area (TPSA) is 36.9 Å². The fourth-order valence-electron chi connectivity index (χ4n) is 2.40. The summed E-state index contributed by atoms with van der Waals surface area (Å²) in [6, 6.07) is 9.88. The van der Waals surface area contributed by atoms with Gasteiger partial charge >= 0.3 is 0 Å². The summed E-state index contributed by atoms with van der Waals surface area (Å²) in [5, 5.41) is 0. The molecule has 0 fully saturated rings. The number of aryl methyl sites for hydroxylation is 1. The molecule has 4 nitrogen and oxygen atoms in total. The fraction of sp³-hybridized carbons (Fsp3) is 0.263. The minimum Gasteiger partial charge on any atom is -0.496 e. The van der Waals surface area contributed by atoms with E-state index in [1.54, 1.807) is 28.4 Å². The number of ether oxygens (including phenoxy) is 4. The summed E-state index contributed by atoms with van der Waals surface area (Å²) in [4.78, 5) is 0. The average Bonchev–Trinajstić information content (AvgIpc) is 2.58. The molecule has 2 aromatic rings. The molecule has 0 spiro atoms. The van der Waals surface area contributed by atoms with Gasteiger partial charge in [0.25, 0.3) is 0 Å². The maximum atomic E-state index is 5.37. The Hall–Kier alpha value is -2.62. The molecule has 0 aromatic heterocycles. The molecule has 23 heavy (non-hydrogen) atoms. The third-order valence-corrected chi connectivity index (χ3v) is 3.57. The van der Waals surface area contributed by atoms with E-state index in [4.69, 9.17) is 18.9 Å². The first-order valence-corrected chi connectivity index (χ1v) is 7.25. The number of hydrogen-bond acceptors (Lipinski definition) is 4. The number of benzene rings is 2. The highest BCUT2D eigenvalue weighted by Crippen LogP contribution is 2.38. The normalized spacial score (nSPS) is 10.7. The molecule has 0 unspecified atom stereocenters. The molecule has 0 aliphatic heterocycles. The molecule has 4 heteroatoms. The zero-order chi connectivity index (χ0) is 16.8. The van der Waals surface area contributed by atoms with Gasteiger partial charge in [-0.25, -0.2) is 0 Å². The summed E-state index contributed by atoms with van der Waals surface area (Å²) in [6.07, 6.45) is 4.04. The lowest BCUT2D eigenvalue weighted by Crippen LogP contribution is -1.95. The zero-order valence-electron chi connectivity index (χ0n) is 14.2. The van der Waals surface area contributed by atoms with Crippen LogP contribution in [0.25, 0.3) is 12.2 Å². The van der Waals surface area contributed by atoms with E-state index >= 15 is 0 Å². The van der Waals surface area contributed by atoms with E-state index in [0.29, 0.717) is 17.2 Å². The van der Waals surface area contributed by atoms with Crippen molar-refractivity contribution in [2.24, 2.45) is 0 Å². The molecule has 122 valence electrons. The van der Waals surface area contributed by atoms with Crippen LogP contribution in [0.5, 0.6) is 23.0 Å².